The maximum absolute atomic E-state index is 6.09. The van der Waals surface area contributed by atoms with E-state index < -0.39 is 0 Å². The maximum Gasteiger partial charge on any atom is 0.118 e. The molecule has 0 bridgehead atoms. The Morgan fingerprint density at radius 1 is 1.35 bits per heavy atom. The van der Waals surface area contributed by atoms with E-state index >= 15 is 0 Å². The van der Waals surface area contributed by atoms with Gasteiger partial charge in [0.2, 0.25) is 0 Å². The SMILES string of the molecule is Cc1ccc(CN(C)C(CN)c2cc(Cl)ccc2Br)o1. The van der Waals surface area contributed by atoms with Gasteiger partial charge < -0.3 is 10.2 Å². The molecule has 1 atom stereocenters. The number of hydrogen-bond acceptors (Lipinski definition) is 3. The van der Waals surface area contributed by atoms with Crippen LogP contribution in [0.3, 0.4) is 0 Å². The van der Waals surface area contributed by atoms with E-state index in [2.05, 4.69) is 20.8 Å². The highest BCUT2D eigenvalue weighted by atomic mass is 79.9. The van der Waals surface area contributed by atoms with Gasteiger partial charge in [0.25, 0.3) is 0 Å². The van der Waals surface area contributed by atoms with Crippen LogP contribution in [0.2, 0.25) is 5.02 Å². The van der Waals surface area contributed by atoms with Crippen LogP contribution in [0.4, 0.5) is 0 Å². The molecule has 1 aromatic carbocycles. The average molecular weight is 358 g/mol. The Morgan fingerprint density at radius 3 is 2.70 bits per heavy atom. The Hall–Kier alpha value is -0.810. The van der Waals surface area contributed by atoms with Gasteiger partial charge in [-0.15, -0.1) is 0 Å². The monoisotopic (exact) mass is 356 g/mol. The fourth-order valence-corrected chi connectivity index (χ4v) is 2.93. The molecule has 0 aliphatic heterocycles. The molecule has 2 N–H and O–H groups in total. The minimum atomic E-state index is 0.0773. The van der Waals surface area contributed by atoms with Gasteiger partial charge in [-0.1, -0.05) is 27.5 Å². The van der Waals surface area contributed by atoms with Crippen molar-refractivity contribution >= 4 is 27.5 Å². The molecule has 0 saturated carbocycles. The molecule has 1 aromatic heterocycles. The first-order chi connectivity index (χ1) is 9.51. The number of aryl methyl sites for hydroxylation is 1. The zero-order valence-electron chi connectivity index (χ0n) is 11.6. The molecule has 20 heavy (non-hydrogen) atoms. The van der Waals surface area contributed by atoms with Crippen LogP contribution in [0, 0.1) is 6.92 Å². The van der Waals surface area contributed by atoms with Crippen molar-refractivity contribution < 1.29 is 4.42 Å². The molecule has 108 valence electrons. The fourth-order valence-electron chi connectivity index (χ4n) is 2.24. The first-order valence-electron chi connectivity index (χ1n) is 6.42. The first kappa shape index (κ1) is 15.6. The Morgan fingerprint density at radius 2 is 2.10 bits per heavy atom. The van der Waals surface area contributed by atoms with Crippen molar-refractivity contribution in [1.82, 2.24) is 4.90 Å². The molecule has 0 saturated heterocycles. The van der Waals surface area contributed by atoms with Gasteiger partial charge in [0.05, 0.1) is 6.54 Å². The first-order valence-corrected chi connectivity index (χ1v) is 7.59. The topological polar surface area (TPSA) is 42.4 Å². The summed E-state index contributed by atoms with van der Waals surface area (Å²) in [6, 6.07) is 9.80. The van der Waals surface area contributed by atoms with E-state index in [-0.39, 0.29) is 6.04 Å². The molecule has 1 heterocycles. The summed E-state index contributed by atoms with van der Waals surface area (Å²) in [5.41, 5.74) is 7.04. The van der Waals surface area contributed by atoms with Crippen LogP contribution in [-0.4, -0.2) is 18.5 Å². The van der Waals surface area contributed by atoms with Gasteiger partial charge >= 0.3 is 0 Å². The van der Waals surface area contributed by atoms with Crippen molar-refractivity contribution in [2.24, 2.45) is 5.73 Å². The lowest BCUT2D eigenvalue weighted by atomic mass is 10.1. The van der Waals surface area contributed by atoms with E-state index in [4.69, 9.17) is 21.8 Å². The van der Waals surface area contributed by atoms with E-state index in [0.29, 0.717) is 18.1 Å². The number of furan rings is 1. The third-order valence-corrected chi connectivity index (χ3v) is 4.23. The fraction of sp³-hybridized carbons (Fsp3) is 0.333. The number of hydrogen-bond donors (Lipinski definition) is 1. The van der Waals surface area contributed by atoms with Crippen LogP contribution >= 0.6 is 27.5 Å². The highest BCUT2D eigenvalue weighted by Gasteiger charge is 2.19. The number of nitrogens with two attached hydrogens (primary N) is 1. The minimum Gasteiger partial charge on any atom is -0.465 e. The van der Waals surface area contributed by atoms with E-state index in [1.807, 2.05) is 44.3 Å². The van der Waals surface area contributed by atoms with Crippen molar-refractivity contribution in [2.75, 3.05) is 13.6 Å². The summed E-state index contributed by atoms with van der Waals surface area (Å²) in [6.07, 6.45) is 0. The van der Waals surface area contributed by atoms with Crippen LogP contribution in [0.25, 0.3) is 0 Å². The molecule has 0 aliphatic carbocycles. The van der Waals surface area contributed by atoms with Crippen molar-refractivity contribution in [3.63, 3.8) is 0 Å². The lowest BCUT2D eigenvalue weighted by Gasteiger charge is -2.27. The maximum atomic E-state index is 6.09. The standard InChI is InChI=1S/C15H18BrClN2O/c1-10-3-5-12(20-10)9-19(2)15(8-18)13-7-11(17)4-6-14(13)16/h3-7,15H,8-9,18H2,1-2H3. The van der Waals surface area contributed by atoms with Gasteiger partial charge in [0, 0.05) is 22.1 Å². The molecule has 0 spiro atoms. The van der Waals surface area contributed by atoms with Gasteiger partial charge in [-0.3, -0.25) is 4.90 Å². The zero-order chi connectivity index (χ0) is 14.7. The number of benzene rings is 1. The summed E-state index contributed by atoms with van der Waals surface area (Å²) >= 11 is 9.65. The van der Waals surface area contributed by atoms with E-state index in [9.17, 15) is 0 Å². The zero-order valence-corrected chi connectivity index (χ0v) is 13.9. The second kappa shape index (κ2) is 6.76. The van der Waals surface area contributed by atoms with Crippen LogP contribution < -0.4 is 5.73 Å². The predicted octanol–water partition coefficient (Wildman–Crippen LogP) is 4.14. The molecule has 2 rings (SSSR count). The molecule has 1 unspecified atom stereocenters. The molecule has 0 radical (unpaired) electrons. The highest BCUT2D eigenvalue weighted by Crippen LogP contribution is 2.30. The molecular formula is C15H18BrClN2O. The largest absolute Gasteiger partial charge is 0.465 e. The smallest absolute Gasteiger partial charge is 0.118 e. The number of likely N-dealkylation sites (N-methyl/N-ethyl adjacent to an activating group) is 1. The Kier molecular flexibility index (Phi) is 5.27. The third-order valence-electron chi connectivity index (χ3n) is 3.27. The van der Waals surface area contributed by atoms with Crippen LogP contribution in [0.5, 0.6) is 0 Å². The average Bonchev–Trinajstić information content (AvgIpc) is 2.80. The normalized spacial score (nSPS) is 12.9. The van der Waals surface area contributed by atoms with Crippen LogP contribution in [-0.2, 0) is 6.54 Å². The Bertz CT molecular complexity index is 585. The number of nitrogens with zero attached hydrogens (tertiary/aromatic N) is 1. The minimum absolute atomic E-state index is 0.0773. The second-order valence-electron chi connectivity index (χ2n) is 4.84. The van der Waals surface area contributed by atoms with Gasteiger partial charge in [-0.25, -0.2) is 0 Å². The van der Waals surface area contributed by atoms with Crippen molar-refractivity contribution in [1.29, 1.82) is 0 Å². The van der Waals surface area contributed by atoms with Crippen molar-refractivity contribution in [3.8, 4) is 0 Å². The summed E-state index contributed by atoms with van der Waals surface area (Å²) in [6.45, 7) is 3.15. The van der Waals surface area contributed by atoms with Crippen LogP contribution in [0.15, 0.2) is 39.2 Å². The Labute approximate surface area is 132 Å². The van der Waals surface area contributed by atoms with E-state index in [0.717, 1.165) is 21.6 Å². The van der Waals surface area contributed by atoms with Crippen LogP contribution in [0.1, 0.15) is 23.1 Å². The molecule has 5 heteroatoms. The highest BCUT2D eigenvalue weighted by molar-refractivity contribution is 9.10. The molecule has 0 aliphatic rings. The quantitative estimate of drug-likeness (QED) is 0.874. The lowest BCUT2D eigenvalue weighted by Crippen LogP contribution is -2.30. The predicted molar refractivity (Wildman–Crippen MR) is 85.9 cm³/mol. The molecule has 0 fully saturated rings. The summed E-state index contributed by atoms with van der Waals surface area (Å²) in [4.78, 5) is 2.16. The lowest BCUT2D eigenvalue weighted by molar-refractivity contribution is 0.221. The summed E-state index contributed by atoms with van der Waals surface area (Å²) in [5, 5.41) is 0.712. The Balaban J connectivity index is 2.20. The second-order valence-corrected chi connectivity index (χ2v) is 6.14. The van der Waals surface area contributed by atoms with Gasteiger partial charge in [0.1, 0.15) is 11.5 Å². The van der Waals surface area contributed by atoms with E-state index in [1.54, 1.807) is 0 Å². The summed E-state index contributed by atoms with van der Waals surface area (Å²) in [7, 11) is 2.03. The van der Waals surface area contributed by atoms with Gasteiger partial charge in [0.15, 0.2) is 0 Å². The number of rotatable bonds is 5. The van der Waals surface area contributed by atoms with Crippen molar-refractivity contribution in [3.05, 3.63) is 56.9 Å². The van der Waals surface area contributed by atoms with E-state index in [1.165, 1.54) is 0 Å². The molecule has 2 aromatic rings. The molecular weight excluding hydrogens is 340 g/mol. The third kappa shape index (κ3) is 3.64. The van der Waals surface area contributed by atoms with Gasteiger partial charge in [-0.05, 0) is 49.9 Å². The summed E-state index contributed by atoms with van der Waals surface area (Å²) in [5.74, 6) is 1.85. The van der Waals surface area contributed by atoms with Crippen molar-refractivity contribution in [2.45, 2.75) is 19.5 Å². The molecule has 0 amide bonds. The number of halogens is 2. The van der Waals surface area contributed by atoms with Gasteiger partial charge in [-0.2, -0.15) is 0 Å². The molecule has 3 nitrogen and oxygen atoms in total. The summed E-state index contributed by atoms with van der Waals surface area (Å²) < 4.78 is 6.63.